The van der Waals surface area contributed by atoms with Crippen LogP contribution in [0.3, 0.4) is 0 Å². The Kier molecular flexibility index (Phi) is 6.25. The summed E-state index contributed by atoms with van der Waals surface area (Å²) < 4.78 is 0. The van der Waals surface area contributed by atoms with Crippen molar-refractivity contribution in [2.75, 3.05) is 17.2 Å². The summed E-state index contributed by atoms with van der Waals surface area (Å²) in [6, 6.07) is 0. The first kappa shape index (κ1) is 15.8. The van der Waals surface area contributed by atoms with Gasteiger partial charge in [-0.1, -0.05) is 0 Å². The predicted octanol–water partition coefficient (Wildman–Crippen LogP) is -0.443. The van der Waals surface area contributed by atoms with E-state index in [4.69, 9.17) is 22.3 Å². The molecule has 0 aliphatic rings. The molecule has 1 rings (SSSR count). The van der Waals surface area contributed by atoms with E-state index in [1.54, 1.807) is 20.8 Å². The van der Waals surface area contributed by atoms with Gasteiger partial charge < -0.3 is 28.5 Å². The third-order valence-corrected chi connectivity index (χ3v) is 0.687. The summed E-state index contributed by atoms with van der Waals surface area (Å²) in [7, 11) is 0. The van der Waals surface area contributed by atoms with Gasteiger partial charge in [0.1, 0.15) is 0 Å². The number of hydrogen-bond acceptors (Lipinski definition) is 8. The molecule has 1 aromatic rings. The second-order valence-electron chi connectivity index (χ2n) is 3.58. The van der Waals surface area contributed by atoms with E-state index in [0.29, 0.717) is 0 Å². The molecule has 0 amide bonds. The lowest BCUT2D eigenvalue weighted by Crippen LogP contribution is -2.10. The summed E-state index contributed by atoms with van der Waals surface area (Å²) in [6.07, 6.45) is 0. The average molecular weight is 217 g/mol. The number of rotatable bonds is 0. The Morgan fingerprint density at radius 3 is 1.13 bits per heavy atom. The molecule has 0 fully saturated rings. The largest absolute Gasteiger partial charge is 0.391 e. The summed E-state index contributed by atoms with van der Waals surface area (Å²) in [5.74, 6) is 0.125. The van der Waals surface area contributed by atoms with E-state index in [2.05, 4.69) is 15.0 Å². The van der Waals surface area contributed by atoms with Gasteiger partial charge in [-0.25, -0.2) is 0 Å². The van der Waals surface area contributed by atoms with Crippen LogP contribution in [0.4, 0.5) is 17.8 Å². The van der Waals surface area contributed by atoms with Gasteiger partial charge in [0.05, 0.1) is 5.60 Å². The van der Waals surface area contributed by atoms with Crippen molar-refractivity contribution >= 4 is 17.8 Å². The zero-order valence-electron chi connectivity index (χ0n) is 9.23. The monoisotopic (exact) mass is 217 g/mol. The third-order valence-electron chi connectivity index (χ3n) is 0.687. The van der Waals surface area contributed by atoms with Gasteiger partial charge in [-0.15, -0.1) is 0 Å². The van der Waals surface area contributed by atoms with Gasteiger partial charge in [-0.05, 0) is 20.8 Å². The van der Waals surface area contributed by atoms with Crippen molar-refractivity contribution in [2.45, 2.75) is 26.4 Å². The second kappa shape index (κ2) is 5.94. The lowest BCUT2D eigenvalue weighted by molar-refractivity contribution is 0.102. The van der Waals surface area contributed by atoms with Crippen LogP contribution in [0.25, 0.3) is 0 Å². The number of nitrogen functional groups attached to an aromatic ring is 3. The van der Waals surface area contributed by atoms with Crippen LogP contribution < -0.4 is 23.4 Å². The Morgan fingerprint density at radius 2 is 1.00 bits per heavy atom. The van der Waals surface area contributed by atoms with E-state index in [1.165, 1.54) is 0 Å². The molecule has 1 aromatic heterocycles. The van der Waals surface area contributed by atoms with Crippen molar-refractivity contribution in [1.82, 2.24) is 21.1 Å². The fraction of sp³-hybridized carbons (Fsp3) is 0.571. The molecule has 8 nitrogen and oxygen atoms in total. The van der Waals surface area contributed by atoms with Crippen molar-refractivity contribution in [3.8, 4) is 0 Å². The molecule has 10 N–H and O–H groups in total. The maximum atomic E-state index is 8.52. The van der Waals surface area contributed by atoms with Crippen LogP contribution >= 0.6 is 0 Å². The van der Waals surface area contributed by atoms with Crippen molar-refractivity contribution in [3.05, 3.63) is 0 Å². The number of anilines is 3. The zero-order valence-corrected chi connectivity index (χ0v) is 9.23. The number of nitrogens with zero attached hydrogens (tertiary/aromatic N) is 3. The first-order chi connectivity index (χ1) is 6.18. The minimum absolute atomic E-state index is 0. The van der Waals surface area contributed by atoms with Gasteiger partial charge >= 0.3 is 0 Å². The van der Waals surface area contributed by atoms with Crippen LogP contribution in [-0.2, 0) is 0 Å². The van der Waals surface area contributed by atoms with Gasteiger partial charge in [-0.3, -0.25) is 0 Å². The molecular formula is C7H19N7O. The van der Waals surface area contributed by atoms with Crippen molar-refractivity contribution < 1.29 is 5.11 Å². The van der Waals surface area contributed by atoms with E-state index in [0.717, 1.165) is 0 Å². The zero-order chi connectivity index (χ0) is 11.4. The lowest BCUT2D eigenvalue weighted by Gasteiger charge is -2.04. The summed E-state index contributed by atoms with van der Waals surface area (Å²) in [4.78, 5) is 10.5. The molecule has 8 heteroatoms. The molecule has 0 unspecified atom stereocenters. The van der Waals surface area contributed by atoms with E-state index in [9.17, 15) is 0 Å². The first-order valence-electron chi connectivity index (χ1n) is 3.93. The lowest BCUT2D eigenvalue weighted by atomic mass is 10.2. The number of hydrogen-bond donors (Lipinski definition) is 5. The van der Waals surface area contributed by atoms with Crippen LogP contribution in [0.2, 0.25) is 0 Å². The highest BCUT2D eigenvalue weighted by Crippen LogP contribution is 1.97. The summed E-state index contributed by atoms with van der Waals surface area (Å²) in [5, 5.41) is 8.52. The Morgan fingerprint density at radius 1 is 0.867 bits per heavy atom. The van der Waals surface area contributed by atoms with Crippen molar-refractivity contribution in [1.29, 1.82) is 0 Å². The summed E-state index contributed by atoms with van der Waals surface area (Å²) in [5.41, 5.74) is 14.9. The predicted molar refractivity (Wildman–Crippen MR) is 60.1 cm³/mol. The Labute approximate surface area is 88.5 Å². The molecule has 0 spiro atoms. The normalized spacial score (nSPS) is 9.60. The molecule has 0 atom stereocenters. The maximum absolute atomic E-state index is 8.52. The second-order valence-corrected chi connectivity index (χ2v) is 3.58. The molecule has 88 valence electrons. The first-order valence-corrected chi connectivity index (χ1v) is 3.93. The minimum atomic E-state index is -0.500. The fourth-order valence-corrected chi connectivity index (χ4v) is 0.427. The van der Waals surface area contributed by atoms with Gasteiger partial charge in [0.2, 0.25) is 17.8 Å². The van der Waals surface area contributed by atoms with E-state index in [-0.39, 0.29) is 24.0 Å². The molecule has 0 saturated carbocycles. The molecule has 0 bridgehead atoms. The molecule has 1 heterocycles. The highest BCUT2D eigenvalue weighted by molar-refractivity contribution is 5.33. The van der Waals surface area contributed by atoms with Gasteiger partial charge in [-0.2, -0.15) is 15.0 Å². The molecule has 0 aromatic carbocycles. The summed E-state index contributed by atoms with van der Waals surface area (Å²) in [6.45, 7) is 5.23. The maximum Gasteiger partial charge on any atom is 0.226 e. The van der Waals surface area contributed by atoms with Crippen molar-refractivity contribution in [3.63, 3.8) is 0 Å². The SMILES string of the molecule is CC(C)(C)O.N.Nc1nc(N)nc(N)n1. The molecule has 0 radical (unpaired) electrons. The van der Waals surface area contributed by atoms with Crippen LogP contribution in [0.1, 0.15) is 20.8 Å². The van der Waals surface area contributed by atoms with Gasteiger partial charge in [0, 0.05) is 0 Å². The van der Waals surface area contributed by atoms with Crippen LogP contribution in [0.15, 0.2) is 0 Å². The van der Waals surface area contributed by atoms with Gasteiger partial charge in [0.15, 0.2) is 0 Å². The van der Waals surface area contributed by atoms with Gasteiger partial charge in [0.25, 0.3) is 0 Å². The summed E-state index contributed by atoms with van der Waals surface area (Å²) >= 11 is 0. The molecule has 15 heavy (non-hydrogen) atoms. The Bertz CT molecular complexity index is 239. The number of aliphatic hydroxyl groups is 1. The van der Waals surface area contributed by atoms with E-state index >= 15 is 0 Å². The minimum Gasteiger partial charge on any atom is -0.391 e. The third kappa shape index (κ3) is 12.3. The smallest absolute Gasteiger partial charge is 0.226 e. The standard InChI is InChI=1S/C4H10O.C3H6N6.H3N/c1-4(2,3)5;4-1-7-2(5)9-3(6)8-1;/h5H,1-3H3;(H6,4,5,6,7,8,9);1H3. The highest BCUT2D eigenvalue weighted by atomic mass is 16.3. The van der Waals surface area contributed by atoms with Crippen LogP contribution in [0, 0.1) is 0 Å². The van der Waals surface area contributed by atoms with Crippen molar-refractivity contribution in [2.24, 2.45) is 0 Å². The molecule has 0 aliphatic carbocycles. The highest BCUT2D eigenvalue weighted by Gasteiger charge is 1.97. The molecule has 0 saturated heterocycles. The number of aromatic nitrogens is 3. The van der Waals surface area contributed by atoms with E-state index < -0.39 is 5.60 Å². The number of nitrogens with two attached hydrogens (primary N) is 3. The molecule has 0 aliphatic heterocycles. The van der Waals surface area contributed by atoms with Crippen LogP contribution in [-0.4, -0.2) is 25.7 Å². The Balaban J connectivity index is 0. The molecular weight excluding hydrogens is 198 g/mol. The average Bonchev–Trinajstić information content (AvgIpc) is 1.77. The fourth-order valence-electron chi connectivity index (χ4n) is 0.427. The Hall–Kier alpha value is -1.67. The quantitative estimate of drug-likeness (QED) is 0.388. The topological polar surface area (TPSA) is 172 Å². The van der Waals surface area contributed by atoms with Crippen LogP contribution in [0.5, 0.6) is 0 Å². The van der Waals surface area contributed by atoms with E-state index in [1.807, 2.05) is 0 Å².